The molecule has 0 fully saturated rings. The molecule has 2 N–H and O–H groups in total. The SMILES string of the molecule is CCCOC(=O)NCCOCCOCCOC(=O)COCC(=O)OCCN(CCOC(C)=O)CC(=O)NCCOCCOCCOC(=O)COCC(=O)OCCN(CCOC(C)=O)CC(C)=O. The molecule has 0 aliphatic heterocycles. The standard InChI is InChI=1S/C41H70N4O22/c1-5-12-67-41(54)43-7-14-56-20-22-58-24-26-66-40(53)32-60-30-38(51)64-18-11-45(9-16-62-35(4)48)28-36(49)42-6-13-55-19-21-57-23-25-65-39(52)31-59-29-37(50)63-17-10-44(27-33(2)46)8-15-61-34(3)47/h5-32H2,1-4H3,(H,42,49)(H,43,54). The van der Waals surface area contributed by atoms with Crippen LogP contribution < -0.4 is 10.6 Å². The summed E-state index contributed by atoms with van der Waals surface area (Å²) >= 11 is 0. The number of amides is 2. The Morgan fingerprint density at radius 3 is 1.13 bits per heavy atom. The van der Waals surface area contributed by atoms with Crippen LogP contribution in [0, 0.1) is 0 Å². The van der Waals surface area contributed by atoms with E-state index in [4.69, 9.17) is 61.6 Å². The van der Waals surface area contributed by atoms with Crippen molar-refractivity contribution >= 4 is 53.6 Å². The topological polar surface area (TPSA) is 304 Å². The lowest BCUT2D eigenvalue weighted by molar-refractivity contribution is -0.158. The van der Waals surface area contributed by atoms with Crippen molar-refractivity contribution in [3.63, 3.8) is 0 Å². The fraction of sp³-hybridized carbons (Fsp3) is 0.780. The van der Waals surface area contributed by atoms with Crippen molar-refractivity contribution in [2.24, 2.45) is 0 Å². The van der Waals surface area contributed by atoms with Gasteiger partial charge in [0.15, 0.2) is 0 Å². The van der Waals surface area contributed by atoms with Crippen molar-refractivity contribution in [3.8, 4) is 0 Å². The van der Waals surface area contributed by atoms with Gasteiger partial charge < -0.3 is 72.2 Å². The van der Waals surface area contributed by atoms with E-state index in [-0.39, 0.29) is 150 Å². The summed E-state index contributed by atoms with van der Waals surface area (Å²) in [7, 11) is 0. The summed E-state index contributed by atoms with van der Waals surface area (Å²) in [6.07, 6.45) is 0.228. The third-order valence-corrected chi connectivity index (χ3v) is 7.71. The largest absolute Gasteiger partial charge is 0.465 e. The second-order valence-electron chi connectivity index (χ2n) is 13.7. The summed E-state index contributed by atoms with van der Waals surface area (Å²) in [4.78, 5) is 108. The fourth-order valence-corrected chi connectivity index (χ4v) is 4.74. The summed E-state index contributed by atoms with van der Waals surface area (Å²) in [5.41, 5.74) is 0. The van der Waals surface area contributed by atoms with Crippen molar-refractivity contribution in [1.82, 2.24) is 20.4 Å². The van der Waals surface area contributed by atoms with E-state index in [1.807, 2.05) is 6.92 Å². The molecule has 0 saturated carbocycles. The van der Waals surface area contributed by atoms with Gasteiger partial charge in [0.25, 0.3) is 0 Å². The molecule has 2 amide bonds. The zero-order chi connectivity index (χ0) is 49.8. The highest BCUT2D eigenvalue weighted by Gasteiger charge is 2.15. The van der Waals surface area contributed by atoms with Gasteiger partial charge in [-0.05, 0) is 13.3 Å². The first kappa shape index (κ1) is 61.9. The number of ether oxygens (including phenoxy) is 13. The highest BCUT2D eigenvalue weighted by molar-refractivity contribution is 5.78. The van der Waals surface area contributed by atoms with Crippen LogP contribution in [0.25, 0.3) is 0 Å². The van der Waals surface area contributed by atoms with Crippen LogP contribution in [0.3, 0.4) is 0 Å². The van der Waals surface area contributed by atoms with Crippen molar-refractivity contribution in [2.45, 2.75) is 34.1 Å². The number of carbonyl (C=O) groups excluding carboxylic acids is 9. The molecule has 0 aliphatic carbocycles. The van der Waals surface area contributed by atoms with Crippen LogP contribution in [0.5, 0.6) is 0 Å². The number of nitrogens with zero attached hydrogens (tertiary/aromatic N) is 2. The summed E-state index contributed by atoms with van der Waals surface area (Å²) in [5, 5.41) is 5.23. The number of carbonyl (C=O) groups is 9. The van der Waals surface area contributed by atoms with E-state index < -0.39 is 68.3 Å². The summed E-state index contributed by atoms with van der Waals surface area (Å²) in [6.45, 7) is 6.77. The number of nitrogens with one attached hydrogen (secondary N) is 2. The van der Waals surface area contributed by atoms with Crippen molar-refractivity contribution in [2.75, 3.05) is 178 Å². The summed E-state index contributed by atoms with van der Waals surface area (Å²) < 4.78 is 66.2. The smallest absolute Gasteiger partial charge is 0.407 e. The fourth-order valence-electron chi connectivity index (χ4n) is 4.74. The third-order valence-electron chi connectivity index (χ3n) is 7.71. The first-order valence-corrected chi connectivity index (χ1v) is 21.7. The molecule has 0 aromatic rings. The number of hydrogen-bond acceptors (Lipinski definition) is 24. The van der Waals surface area contributed by atoms with Gasteiger partial charge in [0, 0.05) is 53.1 Å². The van der Waals surface area contributed by atoms with Crippen molar-refractivity contribution < 1.29 is 105 Å². The number of Topliss-reactive ketones (excluding diaryl/α,β-unsaturated/α-hetero) is 1. The highest BCUT2D eigenvalue weighted by atomic mass is 16.6. The van der Waals surface area contributed by atoms with E-state index in [1.165, 1.54) is 20.8 Å². The average molecular weight is 971 g/mol. The molecule has 0 heterocycles. The van der Waals surface area contributed by atoms with E-state index in [0.29, 0.717) is 13.2 Å². The minimum atomic E-state index is -0.752. The Bertz CT molecular complexity index is 1420. The molecule has 0 atom stereocenters. The van der Waals surface area contributed by atoms with Gasteiger partial charge >= 0.3 is 41.9 Å². The molecule has 0 saturated heterocycles. The van der Waals surface area contributed by atoms with Crippen molar-refractivity contribution in [1.29, 1.82) is 0 Å². The highest BCUT2D eigenvalue weighted by Crippen LogP contribution is 1.95. The van der Waals surface area contributed by atoms with Crippen LogP contribution in [0.15, 0.2) is 0 Å². The number of rotatable bonds is 44. The van der Waals surface area contributed by atoms with Crippen LogP contribution >= 0.6 is 0 Å². The minimum Gasteiger partial charge on any atom is -0.465 e. The van der Waals surface area contributed by atoms with Crippen molar-refractivity contribution in [3.05, 3.63) is 0 Å². The van der Waals surface area contributed by atoms with E-state index >= 15 is 0 Å². The number of esters is 6. The lowest BCUT2D eigenvalue weighted by Crippen LogP contribution is -2.41. The molecule has 0 radical (unpaired) electrons. The first-order valence-electron chi connectivity index (χ1n) is 21.7. The molecule has 26 nitrogen and oxygen atoms in total. The van der Waals surface area contributed by atoms with Gasteiger partial charge in [-0.25, -0.2) is 24.0 Å². The van der Waals surface area contributed by atoms with Gasteiger partial charge in [0.2, 0.25) is 5.91 Å². The van der Waals surface area contributed by atoms with Gasteiger partial charge in [0.1, 0.15) is 71.9 Å². The second kappa shape index (κ2) is 43.5. The molecule has 0 unspecified atom stereocenters. The molecule has 0 aromatic carbocycles. The van der Waals surface area contributed by atoms with Gasteiger partial charge in [-0.15, -0.1) is 0 Å². The lowest BCUT2D eigenvalue weighted by Gasteiger charge is -2.21. The maximum atomic E-state index is 12.5. The van der Waals surface area contributed by atoms with Gasteiger partial charge in [0.05, 0.1) is 72.6 Å². The van der Waals surface area contributed by atoms with Crippen LogP contribution in [-0.2, 0) is 99.9 Å². The quantitative estimate of drug-likeness (QED) is 0.0373. The maximum absolute atomic E-state index is 12.5. The van der Waals surface area contributed by atoms with Gasteiger partial charge in [-0.2, -0.15) is 0 Å². The number of ketones is 1. The third kappa shape index (κ3) is 44.5. The van der Waals surface area contributed by atoms with Gasteiger partial charge in [-0.1, -0.05) is 6.92 Å². The molecular weight excluding hydrogens is 900 g/mol. The predicted molar refractivity (Wildman–Crippen MR) is 228 cm³/mol. The Morgan fingerprint density at radius 1 is 0.373 bits per heavy atom. The molecule has 0 bridgehead atoms. The zero-order valence-electron chi connectivity index (χ0n) is 39.2. The lowest BCUT2D eigenvalue weighted by atomic mass is 10.4. The summed E-state index contributed by atoms with van der Waals surface area (Å²) in [5.74, 6) is -4.31. The molecule has 26 heteroatoms. The Balaban J connectivity index is 4.03. The Morgan fingerprint density at radius 2 is 0.731 bits per heavy atom. The normalized spacial score (nSPS) is 10.8. The monoisotopic (exact) mass is 970 g/mol. The number of alkyl carbamates (subject to hydrolysis) is 1. The molecule has 0 spiro atoms. The van der Waals surface area contributed by atoms with Crippen LogP contribution in [0.4, 0.5) is 4.79 Å². The molecule has 67 heavy (non-hydrogen) atoms. The van der Waals surface area contributed by atoms with Crippen LogP contribution in [0.2, 0.25) is 0 Å². The average Bonchev–Trinajstić information content (AvgIpc) is 3.26. The Labute approximate surface area is 390 Å². The predicted octanol–water partition coefficient (Wildman–Crippen LogP) is -2.17. The molecular formula is C41H70N4O22. The van der Waals surface area contributed by atoms with Gasteiger partial charge in [-0.3, -0.25) is 29.0 Å². The van der Waals surface area contributed by atoms with E-state index in [2.05, 4.69) is 10.6 Å². The Kier molecular flexibility index (Phi) is 40.2. The van der Waals surface area contributed by atoms with Crippen LogP contribution in [-0.4, -0.2) is 241 Å². The minimum absolute atomic E-state index is 0.00212. The molecule has 0 rings (SSSR count). The number of hydrogen-bond donors (Lipinski definition) is 2. The summed E-state index contributed by atoms with van der Waals surface area (Å²) in [6, 6.07) is 0. The molecule has 386 valence electrons. The maximum Gasteiger partial charge on any atom is 0.407 e. The van der Waals surface area contributed by atoms with E-state index in [0.717, 1.165) is 6.42 Å². The Hall–Kier alpha value is -5.09. The van der Waals surface area contributed by atoms with E-state index in [9.17, 15) is 43.2 Å². The second-order valence-corrected chi connectivity index (χ2v) is 13.7. The molecule has 0 aliphatic rings. The zero-order valence-corrected chi connectivity index (χ0v) is 39.2. The van der Waals surface area contributed by atoms with Crippen LogP contribution in [0.1, 0.15) is 34.1 Å². The van der Waals surface area contributed by atoms with E-state index in [1.54, 1.807) is 9.80 Å². The molecule has 0 aromatic heterocycles. The first-order chi connectivity index (χ1) is 32.2.